The van der Waals surface area contributed by atoms with Gasteiger partial charge in [0.2, 0.25) is 0 Å². The van der Waals surface area contributed by atoms with Crippen molar-refractivity contribution < 1.29 is 10.0 Å². The molecule has 0 saturated heterocycles. The van der Waals surface area contributed by atoms with Crippen LogP contribution in [-0.4, -0.2) is 17.7 Å². The summed E-state index contributed by atoms with van der Waals surface area (Å²) < 4.78 is 0. The molecule has 0 rings (SSSR count). The molecule has 3 heteroatoms. The van der Waals surface area contributed by atoms with Crippen molar-refractivity contribution in [2.75, 3.05) is 0 Å². The summed E-state index contributed by atoms with van der Waals surface area (Å²) in [6, 6.07) is 0. The molecule has 3 nitrogen and oxygen atoms in total. The van der Waals surface area contributed by atoms with E-state index in [0.717, 1.165) is 6.21 Å². The normalized spacial score (nSPS) is 8.80. The number of hydrogen-bond acceptors (Lipinski definition) is 3. The Balaban J connectivity index is 2.92. The zero-order valence-corrected chi connectivity index (χ0v) is 2.46. The van der Waals surface area contributed by atoms with Gasteiger partial charge in [0.05, 0.1) is 0 Å². The van der Waals surface area contributed by atoms with Gasteiger partial charge in [-0.3, -0.25) is 4.79 Å². The maximum atomic E-state index is 9.10. The van der Waals surface area contributed by atoms with E-state index in [1.165, 1.54) is 0 Å². The third-order valence-corrected chi connectivity index (χ3v) is 0.128. The molecule has 1 N–H and O–H groups in total. The third kappa shape index (κ3) is 3.14. The van der Waals surface area contributed by atoms with Crippen molar-refractivity contribution in [3.05, 3.63) is 0 Å². The molecule has 0 saturated carbocycles. The van der Waals surface area contributed by atoms with Crippen LogP contribution in [0.15, 0.2) is 5.16 Å². The van der Waals surface area contributed by atoms with Gasteiger partial charge in [-0.1, -0.05) is 5.16 Å². The van der Waals surface area contributed by atoms with E-state index in [9.17, 15) is 0 Å². The molecule has 0 spiro atoms. The van der Waals surface area contributed by atoms with E-state index in [-0.39, 0.29) is 0 Å². The summed E-state index contributed by atoms with van der Waals surface area (Å²) in [6.45, 7) is 0. The summed E-state index contributed by atoms with van der Waals surface area (Å²) in [5, 5.41) is 9.77. The van der Waals surface area contributed by atoms with Gasteiger partial charge in [-0.15, -0.1) is 0 Å². The predicted molar refractivity (Wildman–Crippen MR) is 16.3 cm³/mol. The summed E-state index contributed by atoms with van der Waals surface area (Å²) in [6.07, 6.45) is 1.14. The van der Waals surface area contributed by atoms with Gasteiger partial charge in [0.15, 0.2) is 6.29 Å². The number of hydrogen-bond donors (Lipinski definition) is 1. The average molecular weight is 73.1 g/mol. The maximum absolute atomic E-state index is 9.10. The molecular weight excluding hydrogens is 70.0 g/mol. The van der Waals surface area contributed by atoms with Gasteiger partial charge in [0.1, 0.15) is 6.21 Å². The van der Waals surface area contributed by atoms with Crippen LogP contribution in [0.3, 0.4) is 0 Å². The topological polar surface area (TPSA) is 49.7 Å². The van der Waals surface area contributed by atoms with E-state index >= 15 is 0 Å². The van der Waals surface area contributed by atoms with E-state index in [0.29, 0.717) is 6.29 Å². The molecule has 0 amide bonds. The predicted octanol–water partition coefficient (Wildman–Crippen LogP) is -0.355. The van der Waals surface area contributed by atoms with Gasteiger partial charge in [-0.25, -0.2) is 0 Å². The number of aldehydes is 1. The van der Waals surface area contributed by atoms with E-state index < -0.39 is 0 Å². The molecule has 0 bridgehead atoms. The number of nitrogens with zero attached hydrogens (tertiary/aromatic N) is 1. The third-order valence-electron chi connectivity index (χ3n) is 0.128. The van der Waals surface area contributed by atoms with Crippen molar-refractivity contribution in [3.8, 4) is 0 Å². The summed E-state index contributed by atoms with van der Waals surface area (Å²) in [5.74, 6) is 0. The molecule has 0 aromatic heterocycles. The first-order chi connectivity index (χ1) is 2.41. The quantitative estimate of drug-likeness (QED) is 0.199. The van der Waals surface area contributed by atoms with Crippen molar-refractivity contribution >= 4 is 12.5 Å². The molecule has 0 aromatic carbocycles. The smallest absolute Gasteiger partial charge is 0.164 e. The first-order valence-electron chi connectivity index (χ1n) is 1.03. The summed E-state index contributed by atoms with van der Waals surface area (Å²) in [7, 11) is 0. The first kappa shape index (κ1) is 4.14. The highest BCUT2D eigenvalue weighted by molar-refractivity contribution is 6.12. The Morgan fingerprint density at radius 2 is 2.40 bits per heavy atom. The van der Waals surface area contributed by atoms with Crippen LogP contribution in [0.25, 0.3) is 0 Å². The van der Waals surface area contributed by atoms with Crippen molar-refractivity contribution in [2.45, 2.75) is 0 Å². The lowest BCUT2D eigenvalue weighted by Gasteiger charge is -1.54. The van der Waals surface area contributed by atoms with Gasteiger partial charge in [0.25, 0.3) is 0 Å². The van der Waals surface area contributed by atoms with Crippen LogP contribution in [0.5, 0.6) is 0 Å². The summed E-state index contributed by atoms with van der Waals surface area (Å²) in [5.41, 5.74) is 0. The van der Waals surface area contributed by atoms with Crippen LogP contribution in [0, 0.1) is 0 Å². The van der Waals surface area contributed by atoms with Crippen LogP contribution >= 0.6 is 0 Å². The SMILES string of the molecule is O=C/C=N/O. The maximum Gasteiger partial charge on any atom is 0.164 e. The fourth-order valence-corrected chi connectivity index (χ4v) is 0.0272. The average Bonchev–Trinajstić information content (AvgIpc) is 1.41. The minimum Gasteiger partial charge on any atom is -0.411 e. The lowest BCUT2D eigenvalue weighted by atomic mass is 10.9. The highest BCUT2D eigenvalue weighted by Gasteiger charge is 1.51. The largest absolute Gasteiger partial charge is 0.411 e. The molecule has 0 fully saturated rings. The molecule has 5 heavy (non-hydrogen) atoms. The number of carbonyl (C=O) groups excluding carboxylic acids is 1. The second kappa shape index (κ2) is 3.14. The zero-order chi connectivity index (χ0) is 4.12. The lowest BCUT2D eigenvalue weighted by molar-refractivity contribution is -0.102. The van der Waals surface area contributed by atoms with Crippen LogP contribution in [0.2, 0.25) is 0 Å². The monoisotopic (exact) mass is 73.0 g/mol. The van der Waals surface area contributed by atoms with Crippen LogP contribution < -0.4 is 0 Å². The van der Waals surface area contributed by atoms with Gasteiger partial charge in [-0.05, 0) is 0 Å². The molecule has 0 aliphatic carbocycles. The number of carbonyl (C=O) groups is 1. The summed E-state index contributed by atoms with van der Waals surface area (Å²) >= 11 is 0. The Morgan fingerprint density at radius 3 is 2.40 bits per heavy atom. The van der Waals surface area contributed by atoms with Crippen molar-refractivity contribution in [1.29, 1.82) is 0 Å². The van der Waals surface area contributed by atoms with Crippen LogP contribution in [0.1, 0.15) is 0 Å². The standard InChI is InChI=1S/C2H3NO2/c4-2-1-3-5/h1-2,5H/b3-1+. The molecule has 0 radical (unpaired) electrons. The van der Waals surface area contributed by atoms with Crippen molar-refractivity contribution in [1.82, 2.24) is 0 Å². The Labute approximate surface area is 28.9 Å². The Kier molecular flexibility index (Phi) is 2.60. The van der Waals surface area contributed by atoms with Gasteiger partial charge in [-0.2, -0.15) is 0 Å². The van der Waals surface area contributed by atoms with Gasteiger partial charge < -0.3 is 5.21 Å². The minimum atomic E-state index is 0.389. The lowest BCUT2D eigenvalue weighted by Crippen LogP contribution is -1.67. The Morgan fingerprint density at radius 1 is 1.80 bits per heavy atom. The molecular formula is C2H3NO2. The molecule has 0 unspecified atom stereocenters. The van der Waals surface area contributed by atoms with E-state index in [4.69, 9.17) is 10.0 Å². The van der Waals surface area contributed by atoms with Crippen molar-refractivity contribution in [2.24, 2.45) is 5.16 Å². The molecule has 28 valence electrons. The van der Waals surface area contributed by atoms with Crippen LogP contribution in [0.4, 0.5) is 0 Å². The molecule has 0 aliphatic rings. The number of oxime groups is 1. The molecule has 0 atom stereocenters. The van der Waals surface area contributed by atoms with Gasteiger partial charge in [0, 0.05) is 0 Å². The molecule has 0 aliphatic heterocycles. The first-order valence-corrected chi connectivity index (χ1v) is 1.03. The second-order valence-electron chi connectivity index (χ2n) is 0.401. The van der Waals surface area contributed by atoms with Gasteiger partial charge >= 0.3 is 0 Å². The molecule has 0 heterocycles. The zero-order valence-electron chi connectivity index (χ0n) is 2.46. The summed E-state index contributed by atoms with van der Waals surface area (Å²) in [4.78, 5) is 9.10. The van der Waals surface area contributed by atoms with E-state index in [1.807, 2.05) is 0 Å². The highest BCUT2D eigenvalue weighted by atomic mass is 16.4. The van der Waals surface area contributed by atoms with E-state index in [1.54, 1.807) is 0 Å². The second-order valence-corrected chi connectivity index (χ2v) is 0.401. The van der Waals surface area contributed by atoms with Crippen LogP contribution in [-0.2, 0) is 4.79 Å². The number of rotatable bonds is 1. The van der Waals surface area contributed by atoms with E-state index in [2.05, 4.69) is 5.16 Å². The molecule has 0 aromatic rings. The van der Waals surface area contributed by atoms with Crippen molar-refractivity contribution in [3.63, 3.8) is 0 Å². The fourth-order valence-electron chi connectivity index (χ4n) is 0.0272. The minimum absolute atomic E-state index is 0.389. The highest BCUT2D eigenvalue weighted by Crippen LogP contribution is 1.36. The Hall–Kier alpha value is -0.860. The fraction of sp³-hybridized carbons (Fsp3) is 0. The Bertz CT molecular complexity index is 49.6.